The van der Waals surface area contributed by atoms with E-state index in [4.69, 9.17) is 5.73 Å². The smallest absolute Gasteiger partial charge is 0.124 e. The van der Waals surface area contributed by atoms with Crippen LogP contribution in [0.5, 0.6) is 0 Å². The fraction of sp³-hybridized carbons (Fsp3) is 0.550. The number of nitrogen functional groups attached to an aromatic ring is 1. The molecule has 3 aliphatic rings. The number of rotatable bonds is 0. The van der Waals surface area contributed by atoms with Crippen LogP contribution in [0.1, 0.15) is 43.2 Å². The summed E-state index contributed by atoms with van der Waals surface area (Å²) in [6.07, 6.45) is 8.07. The molecule has 0 amide bonds. The molecule has 2 N–H and O–H groups in total. The van der Waals surface area contributed by atoms with Gasteiger partial charge in [-0.05, 0) is 80.6 Å². The van der Waals surface area contributed by atoms with Crippen molar-refractivity contribution in [3.63, 3.8) is 0 Å². The summed E-state index contributed by atoms with van der Waals surface area (Å²) < 4.78 is 0. The van der Waals surface area contributed by atoms with Gasteiger partial charge in [-0.3, -0.25) is 0 Å². The third-order valence-electron chi connectivity index (χ3n) is 6.94. The molecule has 2 fully saturated rings. The Morgan fingerprint density at radius 3 is 3.04 bits per heavy atom. The summed E-state index contributed by atoms with van der Waals surface area (Å²) in [4.78, 5) is 7.23. The fourth-order valence-corrected chi connectivity index (χ4v) is 5.85. The van der Waals surface area contributed by atoms with Gasteiger partial charge in [0.2, 0.25) is 0 Å². The quantitative estimate of drug-likeness (QED) is 0.810. The van der Waals surface area contributed by atoms with Crippen LogP contribution in [0.2, 0.25) is 0 Å². The second kappa shape index (κ2) is 4.70. The van der Waals surface area contributed by atoms with Gasteiger partial charge in [0.1, 0.15) is 5.82 Å². The van der Waals surface area contributed by atoms with Crippen molar-refractivity contribution in [1.82, 2.24) is 9.88 Å². The molecule has 3 atom stereocenters. The van der Waals surface area contributed by atoms with E-state index in [9.17, 15) is 0 Å². The SMILES string of the molecule is CN1CC[C@]23CCCC[C@H]2[C@H]1Cc1cc2ccc(N)nc2cc13. The van der Waals surface area contributed by atoms with Crippen molar-refractivity contribution in [2.75, 3.05) is 19.3 Å². The van der Waals surface area contributed by atoms with Gasteiger partial charge >= 0.3 is 0 Å². The van der Waals surface area contributed by atoms with E-state index in [0.717, 1.165) is 17.5 Å². The first kappa shape index (κ1) is 13.8. The number of piperidine rings is 1. The van der Waals surface area contributed by atoms with Crippen molar-refractivity contribution in [2.45, 2.75) is 50.0 Å². The van der Waals surface area contributed by atoms with E-state index in [1.54, 1.807) is 11.1 Å². The number of hydrogen-bond donors (Lipinski definition) is 1. The van der Waals surface area contributed by atoms with Crippen LogP contribution in [0.25, 0.3) is 10.9 Å². The van der Waals surface area contributed by atoms with Crippen LogP contribution < -0.4 is 5.73 Å². The van der Waals surface area contributed by atoms with Crippen LogP contribution in [0, 0.1) is 5.92 Å². The zero-order valence-electron chi connectivity index (χ0n) is 13.9. The summed E-state index contributed by atoms with van der Waals surface area (Å²) in [6.45, 7) is 1.24. The van der Waals surface area contributed by atoms with E-state index < -0.39 is 0 Å². The number of fused-ring (bicyclic) bond motifs is 2. The Hall–Kier alpha value is -1.61. The Morgan fingerprint density at radius 1 is 1.22 bits per heavy atom. The normalized spacial score (nSPS) is 33.3. The highest BCUT2D eigenvalue weighted by atomic mass is 15.1. The molecule has 2 aliphatic carbocycles. The molecular weight excluding hydrogens is 282 g/mol. The summed E-state index contributed by atoms with van der Waals surface area (Å²) in [7, 11) is 2.33. The molecule has 2 heterocycles. The van der Waals surface area contributed by atoms with Gasteiger partial charge < -0.3 is 10.6 Å². The van der Waals surface area contributed by atoms with Crippen molar-refractivity contribution in [2.24, 2.45) is 5.92 Å². The molecule has 2 aromatic rings. The van der Waals surface area contributed by atoms with Gasteiger partial charge in [0.05, 0.1) is 5.52 Å². The van der Waals surface area contributed by atoms with E-state index in [2.05, 4.69) is 35.1 Å². The Labute approximate surface area is 137 Å². The Bertz CT molecular complexity index is 784. The Balaban J connectivity index is 1.76. The predicted molar refractivity (Wildman–Crippen MR) is 94.5 cm³/mol. The number of likely N-dealkylation sites (N-methyl/N-ethyl adjacent to an activating group) is 1. The van der Waals surface area contributed by atoms with E-state index in [-0.39, 0.29) is 0 Å². The molecule has 3 heteroatoms. The van der Waals surface area contributed by atoms with Crippen LogP contribution >= 0.6 is 0 Å². The van der Waals surface area contributed by atoms with Crippen molar-refractivity contribution in [1.29, 1.82) is 0 Å². The van der Waals surface area contributed by atoms with Crippen LogP contribution in [0.4, 0.5) is 5.82 Å². The van der Waals surface area contributed by atoms with Gasteiger partial charge in [0.15, 0.2) is 0 Å². The predicted octanol–water partition coefficient (Wildman–Crippen LogP) is 3.51. The van der Waals surface area contributed by atoms with E-state index in [0.29, 0.717) is 11.2 Å². The molecule has 1 saturated carbocycles. The number of pyridine rings is 1. The van der Waals surface area contributed by atoms with Crippen LogP contribution in [-0.4, -0.2) is 29.5 Å². The molecule has 120 valence electrons. The van der Waals surface area contributed by atoms with Gasteiger partial charge in [-0.2, -0.15) is 0 Å². The fourth-order valence-electron chi connectivity index (χ4n) is 5.85. The molecule has 0 spiro atoms. The van der Waals surface area contributed by atoms with E-state index in [1.165, 1.54) is 50.5 Å². The first-order chi connectivity index (χ1) is 11.2. The topological polar surface area (TPSA) is 42.1 Å². The first-order valence-corrected chi connectivity index (χ1v) is 9.07. The molecule has 0 unspecified atom stereocenters. The van der Waals surface area contributed by atoms with Crippen molar-refractivity contribution >= 4 is 16.7 Å². The Morgan fingerprint density at radius 2 is 2.13 bits per heavy atom. The van der Waals surface area contributed by atoms with Gasteiger partial charge in [-0.25, -0.2) is 4.98 Å². The average molecular weight is 307 g/mol. The summed E-state index contributed by atoms with van der Waals surface area (Å²) >= 11 is 0. The summed E-state index contributed by atoms with van der Waals surface area (Å²) in [5.74, 6) is 1.47. The lowest BCUT2D eigenvalue weighted by molar-refractivity contribution is 0.00298. The van der Waals surface area contributed by atoms with Crippen molar-refractivity contribution in [3.05, 3.63) is 35.4 Å². The largest absolute Gasteiger partial charge is 0.384 e. The number of hydrogen-bond acceptors (Lipinski definition) is 3. The van der Waals surface area contributed by atoms with Gasteiger partial charge in [0.25, 0.3) is 0 Å². The Kier molecular flexibility index (Phi) is 2.82. The number of nitrogens with two attached hydrogens (primary N) is 1. The lowest BCUT2D eigenvalue weighted by Gasteiger charge is -2.58. The molecule has 0 radical (unpaired) electrons. The zero-order valence-corrected chi connectivity index (χ0v) is 13.9. The second-order valence-corrected chi connectivity index (χ2v) is 7.95. The maximum atomic E-state index is 5.93. The number of likely N-dealkylation sites (tertiary alicyclic amines) is 1. The standard InChI is InChI=1S/C20H25N3/c1-23-9-8-20-7-3-2-4-15(20)18(23)11-14-10-13-5-6-19(21)22-17(13)12-16(14)20/h5-6,10,12,15,18H,2-4,7-9,11H2,1H3,(H2,21,22)/t15-,18+,20+/m0/s1. The summed E-state index contributed by atoms with van der Waals surface area (Å²) in [6, 6.07) is 9.57. The number of benzene rings is 1. The number of anilines is 1. The molecule has 5 rings (SSSR count). The molecule has 23 heavy (non-hydrogen) atoms. The molecule has 3 nitrogen and oxygen atoms in total. The van der Waals surface area contributed by atoms with Gasteiger partial charge in [0, 0.05) is 16.8 Å². The average Bonchev–Trinajstić information content (AvgIpc) is 2.57. The maximum absolute atomic E-state index is 5.93. The first-order valence-electron chi connectivity index (χ1n) is 9.07. The van der Waals surface area contributed by atoms with Gasteiger partial charge in [-0.1, -0.05) is 12.8 Å². The van der Waals surface area contributed by atoms with Crippen molar-refractivity contribution in [3.8, 4) is 0 Å². The van der Waals surface area contributed by atoms with Crippen molar-refractivity contribution < 1.29 is 0 Å². The van der Waals surface area contributed by atoms with E-state index in [1.807, 2.05) is 6.07 Å². The van der Waals surface area contributed by atoms with E-state index >= 15 is 0 Å². The van der Waals surface area contributed by atoms with Gasteiger partial charge in [-0.15, -0.1) is 0 Å². The minimum atomic E-state index is 0.406. The zero-order chi connectivity index (χ0) is 15.6. The number of aromatic nitrogens is 1. The van der Waals surface area contributed by atoms with Crippen LogP contribution in [0.3, 0.4) is 0 Å². The molecular formula is C20H25N3. The third kappa shape index (κ3) is 1.83. The van der Waals surface area contributed by atoms with Crippen LogP contribution in [0.15, 0.2) is 24.3 Å². The molecule has 1 aliphatic heterocycles. The number of nitrogens with zero attached hydrogens (tertiary/aromatic N) is 2. The second-order valence-electron chi connectivity index (χ2n) is 7.95. The molecule has 1 aromatic heterocycles. The summed E-state index contributed by atoms with van der Waals surface area (Å²) in [5.41, 5.74) is 10.6. The molecule has 1 aromatic carbocycles. The highest BCUT2D eigenvalue weighted by Gasteiger charge is 2.53. The highest BCUT2D eigenvalue weighted by molar-refractivity contribution is 5.82. The highest BCUT2D eigenvalue weighted by Crippen LogP contribution is 2.55. The summed E-state index contributed by atoms with van der Waals surface area (Å²) in [5, 5.41) is 1.24. The molecule has 2 bridgehead atoms. The minimum absolute atomic E-state index is 0.406. The minimum Gasteiger partial charge on any atom is -0.384 e. The third-order valence-corrected chi connectivity index (χ3v) is 6.94. The lowest BCUT2D eigenvalue weighted by Crippen LogP contribution is -2.59. The lowest BCUT2D eigenvalue weighted by atomic mass is 9.52. The monoisotopic (exact) mass is 307 g/mol. The van der Waals surface area contributed by atoms with Crippen LogP contribution in [-0.2, 0) is 11.8 Å². The maximum Gasteiger partial charge on any atom is 0.124 e. The molecule has 1 saturated heterocycles.